The Morgan fingerprint density at radius 3 is 2.31 bits per heavy atom. The predicted molar refractivity (Wildman–Crippen MR) is 56.9 cm³/mol. The molecule has 0 unspecified atom stereocenters. The zero-order valence-electron chi connectivity index (χ0n) is 9.44. The van der Waals surface area contributed by atoms with Crippen molar-refractivity contribution in [3.05, 3.63) is 0 Å². The molecule has 0 amide bonds. The number of ether oxygens (including phenoxy) is 1. The van der Waals surface area contributed by atoms with Crippen LogP contribution in [0.15, 0.2) is 0 Å². The topological polar surface area (TPSA) is 9.23 Å². The number of hydrogen-bond donors (Lipinski definition) is 0. The Labute approximate surface area is 82.9 Å². The summed E-state index contributed by atoms with van der Waals surface area (Å²) in [6.45, 7) is 7.33. The Morgan fingerprint density at radius 1 is 1.15 bits per heavy atom. The molecule has 0 aliphatic heterocycles. The molecule has 0 atom stereocenters. The van der Waals surface area contributed by atoms with Crippen molar-refractivity contribution in [2.75, 3.05) is 6.61 Å². The van der Waals surface area contributed by atoms with E-state index in [-0.39, 0.29) is 5.60 Å². The molecule has 0 spiro atoms. The lowest BCUT2D eigenvalue weighted by atomic mass is 10.0. The zero-order valence-corrected chi connectivity index (χ0v) is 9.44. The predicted octanol–water partition coefficient (Wildman–Crippen LogP) is 3.77. The van der Waals surface area contributed by atoms with Gasteiger partial charge >= 0.3 is 0 Å². The third-order valence-corrected chi connectivity index (χ3v) is 2.77. The van der Waals surface area contributed by atoms with Crippen LogP contribution in [-0.4, -0.2) is 12.2 Å². The fourth-order valence-electron chi connectivity index (χ4n) is 2.05. The van der Waals surface area contributed by atoms with Crippen molar-refractivity contribution >= 4 is 0 Å². The molecule has 1 aliphatic carbocycles. The normalized spacial score (nSPS) is 19.6. The lowest BCUT2D eigenvalue weighted by molar-refractivity contribution is -0.00582. The second-order valence-electron chi connectivity index (χ2n) is 5.25. The van der Waals surface area contributed by atoms with E-state index in [0.29, 0.717) is 0 Å². The Bertz CT molecular complexity index is 129. The molecule has 0 radical (unpaired) electrons. The minimum absolute atomic E-state index is 0.0513. The highest BCUT2D eigenvalue weighted by Gasteiger charge is 2.15. The van der Waals surface area contributed by atoms with Gasteiger partial charge in [-0.25, -0.2) is 0 Å². The summed E-state index contributed by atoms with van der Waals surface area (Å²) in [5, 5.41) is 0. The third-order valence-electron chi connectivity index (χ3n) is 2.77. The summed E-state index contributed by atoms with van der Waals surface area (Å²) in [6.07, 6.45) is 8.50. The first kappa shape index (κ1) is 11.0. The van der Waals surface area contributed by atoms with Gasteiger partial charge in [-0.1, -0.05) is 25.7 Å². The van der Waals surface area contributed by atoms with E-state index in [2.05, 4.69) is 20.8 Å². The van der Waals surface area contributed by atoms with Gasteiger partial charge in [-0.05, 0) is 39.5 Å². The third kappa shape index (κ3) is 5.30. The maximum Gasteiger partial charge on any atom is 0.0598 e. The molecular weight excluding hydrogens is 160 g/mol. The molecular formula is C12H24O. The molecule has 1 nitrogen and oxygen atoms in total. The van der Waals surface area contributed by atoms with E-state index in [0.717, 1.165) is 12.5 Å². The quantitative estimate of drug-likeness (QED) is 0.604. The van der Waals surface area contributed by atoms with Crippen molar-refractivity contribution in [3.8, 4) is 0 Å². The Kier molecular flexibility index (Phi) is 4.24. The summed E-state index contributed by atoms with van der Waals surface area (Å²) in [5.41, 5.74) is 0.0513. The highest BCUT2D eigenvalue weighted by molar-refractivity contribution is 4.67. The molecule has 1 rings (SSSR count). The van der Waals surface area contributed by atoms with Gasteiger partial charge in [-0.15, -0.1) is 0 Å². The molecule has 1 fully saturated rings. The number of rotatable bonds is 4. The van der Waals surface area contributed by atoms with E-state index in [1.807, 2.05) is 0 Å². The first-order chi connectivity index (χ1) is 6.08. The lowest BCUT2D eigenvalue weighted by Gasteiger charge is -2.20. The van der Waals surface area contributed by atoms with E-state index in [9.17, 15) is 0 Å². The smallest absolute Gasteiger partial charge is 0.0598 e. The maximum atomic E-state index is 5.69. The van der Waals surface area contributed by atoms with Crippen molar-refractivity contribution in [2.45, 2.75) is 64.9 Å². The summed E-state index contributed by atoms with van der Waals surface area (Å²) >= 11 is 0. The molecule has 1 saturated carbocycles. The van der Waals surface area contributed by atoms with Gasteiger partial charge in [0.1, 0.15) is 0 Å². The van der Waals surface area contributed by atoms with Gasteiger partial charge in [-0.3, -0.25) is 0 Å². The van der Waals surface area contributed by atoms with E-state index in [4.69, 9.17) is 4.74 Å². The molecule has 0 heterocycles. The lowest BCUT2D eigenvalue weighted by Crippen LogP contribution is -2.19. The van der Waals surface area contributed by atoms with Crippen LogP contribution in [0.1, 0.15) is 59.3 Å². The maximum absolute atomic E-state index is 5.69. The summed E-state index contributed by atoms with van der Waals surface area (Å²) in [7, 11) is 0. The van der Waals surface area contributed by atoms with Gasteiger partial charge in [0, 0.05) is 6.61 Å². The van der Waals surface area contributed by atoms with Crippen LogP contribution in [0.25, 0.3) is 0 Å². The molecule has 1 heteroatoms. The van der Waals surface area contributed by atoms with Crippen LogP contribution in [0.5, 0.6) is 0 Å². The zero-order chi connectivity index (χ0) is 9.73. The fourth-order valence-corrected chi connectivity index (χ4v) is 2.05. The van der Waals surface area contributed by atoms with Crippen LogP contribution < -0.4 is 0 Å². The monoisotopic (exact) mass is 184 g/mol. The Morgan fingerprint density at radius 2 is 1.77 bits per heavy atom. The summed E-state index contributed by atoms with van der Waals surface area (Å²) < 4.78 is 5.69. The molecule has 0 aromatic rings. The Hall–Kier alpha value is -0.0400. The van der Waals surface area contributed by atoms with Crippen LogP contribution in [0.4, 0.5) is 0 Å². The minimum Gasteiger partial charge on any atom is -0.376 e. The summed E-state index contributed by atoms with van der Waals surface area (Å²) in [4.78, 5) is 0. The van der Waals surface area contributed by atoms with E-state index in [1.165, 1.54) is 38.5 Å². The van der Waals surface area contributed by atoms with Gasteiger partial charge in [0.25, 0.3) is 0 Å². The van der Waals surface area contributed by atoms with Crippen molar-refractivity contribution in [1.82, 2.24) is 0 Å². The first-order valence-corrected chi connectivity index (χ1v) is 5.72. The van der Waals surface area contributed by atoms with Crippen LogP contribution >= 0.6 is 0 Å². The van der Waals surface area contributed by atoms with E-state index < -0.39 is 0 Å². The number of hydrogen-bond acceptors (Lipinski definition) is 1. The molecule has 0 aromatic heterocycles. The van der Waals surface area contributed by atoms with Crippen LogP contribution in [0.2, 0.25) is 0 Å². The molecule has 0 N–H and O–H groups in total. The molecule has 1 aliphatic rings. The van der Waals surface area contributed by atoms with E-state index in [1.54, 1.807) is 0 Å². The van der Waals surface area contributed by atoms with Gasteiger partial charge in [0.2, 0.25) is 0 Å². The highest BCUT2D eigenvalue weighted by Crippen LogP contribution is 2.28. The van der Waals surface area contributed by atoms with Crippen LogP contribution in [0, 0.1) is 5.92 Å². The second-order valence-corrected chi connectivity index (χ2v) is 5.25. The highest BCUT2D eigenvalue weighted by atomic mass is 16.5. The average Bonchev–Trinajstić information content (AvgIpc) is 2.48. The van der Waals surface area contributed by atoms with Gasteiger partial charge in [0.15, 0.2) is 0 Å². The molecule has 0 bridgehead atoms. The average molecular weight is 184 g/mol. The Balaban J connectivity index is 1.94. The molecule has 0 aromatic carbocycles. The van der Waals surface area contributed by atoms with Crippen LogP contribution in [0.3, 0.4) is 0 Å². The van der Waals surface area contributed by atoms with Gasteiger partial charge in [0.05, 0.1) is 5.60 Å². The standard InChI is InChI=1S/C12H24O/c1-12(2,3)13-10-6-9-11-7-4-5-8-11/h11H,4-10H2,1-3H3. The van der Waals surface area contributed by atoms with Crippen molar-refractivity contribution < 1.29 is 4.74 Å². The SMILES string of the molecule is CC(C)(C)OCCCC1CCCC1. The fraction of sp³-hybridized carbons (Fsp3) is 1.00. The molecule has 13 heavy (non-hydrogen) atoms. The van der Waals surface area contributed by atoms with Crippen LogP contribution in [-0.2, 0) is 4.74 Å². The first-order valence-electron chi connectivity index (χ1n) is 5.72. The van der Waals surface area contributed by atoms with Crippen molar-refractivity contribution in [1.29, 1.82) is 0 Å². The van der Waals surface area contributed by atoms with E-state index >= 15 is 0 Å². The second kappa shape index (κ2) is 4.99. The van der Waals surface area contributed by atoms with Gasteiger partial charge < -0.3 is 4.74 Å². The molecule has 0 saturated heterocycles. The largest absolute Gasteiger partial charge is 0.376 e. The van der Waals surface area contributed by atoms with Gasteiger partial charge in [-0.2, -0.15) is 0 Å². The molecule has 78 valence electrons. The summed E-state index contributed by atoms with van der Waals surface area (Å²) in [6, 6.07) is 0. The minimum atomic E-state index is 0.0513. The summed E-state index contributed by atoms with van der Waals surface area (Å²) in [5.74, 6) is 1.02. The van der Waals surface area contributed by atoms with Crippen molar-refractivity contribution in [2.24, 2.45) is 5.92 Å². The van der Waals surface area contributed by atoms with Crippen molar-refractivity contribution in [3.63, 3.8) is 0 Å².